The monoisotopic (exact) mass is 876 g/mol. The standard InChI is InChI=1S/3C10H16N2O8/c3*13-7(14)3-11(4-8(15)16)1-2-12(5-9(17)18)6-10(19)20/h3*1-6H2,(H,13,14)(H,15,16)(H,17,18)(H,19,20). The fraction of sp³-hybridized carbons (Fsp3) is 0.600. The minimum atomic E-state index is -1.23. The van der Waals surface area contributed by atoms with Crippen molar-refractivity contribution < 1.29 is 119 Å². The summed E-state index contributed by atoms with van der Waals surface area (Å²) >= 11 is 0. The van der Waals surface area contributed by atoms with Crippen LogP contribution in [0.1, 0.15) is 0 Å². The van der Waals surface area contributed by atoms with Gasteiger partial charge in [0.05, 0.1) is 78.5 Å². The van der Waals surface area contributed by atoms with Crippen molar-refractivity contribution in [1.82, 2.24) is 29.4 Å². The Balaban J connectivity index is -0.000000812. The maximum absolute atomic E-state index is 10.6. The number of hydrogen-bond donors (Lipinski definition) is 12. The van der Waals surface area contributed by atoms with E-state index in [1.807, 2.05) is 0 Å². The molecule has 30 heteroatoms. The Bertz CT molecular complexity index is 1120. The van der Waals surface area contributed by atoms with Crippen molar-refractivity contribution in [3.63, 3.8) is 0 Å². The van der Waals surface area contributed by atoms with Gasteiger partial charge in [0, 0.05) is 39.3 Å². The third kappa shape index (κ3) is 41.0. The summed E-state index contributed by atoms with van der Waals surface area (Å²) in [7, 11) is 0. The van der Waals surface area contributed by atoms with Crippen molar-refractivity contribution in [2.45, 2.75) is 0 Å². The second-order valence-electron chi connectivity index (χ2n) is 12.0. The zero-order valence-electron chi connectivity index (χ0n) is 31.7. The lowest BCUT2D eigenvalue weighted by Crippen LogP contribution is -2.43. The summed E-state index contributed by atoms with van der Waals surface area (Å²) in [5, 5.41) is 103. The van der Waals surface area contributed by atoms with Gasteiger partial charge in [0.2, 0.25) is 0 Å². The molecule has 0 fully saturated rings. The van der Waals surface area contributed by atoms with Crippen LogP contribution in [0, 0.1) is 0 Å². The highest BCUT2D eigenvalue weighted by molar-refractivity contribution is 5.75. The minimum Gasteiger partial charge on any atom is -0.480 e. The molecule has 0 aromatic heterocycles. The fourth-order valence-corrected chi connectivity index (χ4v) is 4.43. The van der Waals surface area contributed by atoms with Gasteiger partial charge in [-0.25, -0.2) is 0 Å². The molecule has 0 saturated heterocycles. The maximum atomic E-state index is 10.6. The van der Waals surface area contributed by atoms with E-state index in [4.69, 9.17) is 61.3 Å². The molecule has 30 nitrogen and oxygen atoms in total. The molecule has 0 radical (unpaired) electrons. The van der Waals surface area contributed by atoms with Crippen molar-refractivity contribution in [2.24, 2.45) is 0 Å². The van der Waals surface area contributed by atoms with Gasteiger partial charge in [-0.15, -0.1) is 0 Å². The van der Waals surface area contributed by atoms with E-state index in [0.29, 0.717) is 0 Å². The summed E-state index contributed by atoms with van der Waals surface area (Å²) in [5.74, 6) is -14.7. The zero-order chi connectivity index (χ0) is 47.1. The molecule has 0 aromatic rings. The van der Waals surface area contributed by atoms with E-state index in [2.05, 4.69) is 0 Å². The molecule has 60 heavy (non-hydrogen) atoms. The lowest BCUT2D eigenvalue weighted by molar-refractivity contribution is -0.145. The van der Waals surface area contributed by atoms with Gasteiger partial charge in [0.25, 0.3) is 0 Å². The summed E-state index contributed by atoms with van der Waals surface area (Å²) in [6, 6.07) is 0. The van der Waals surface area contributed by atoms with Gasteiger partial charge in [-0.2, -0.15) is 0 Å². The van der Waals surface area contributed by atoms with Crippen LogP contribution in [0.15, 0.2) is 0 Å². The average molecular weight is 877 g/mol. The van der Waals surface area contributed by atoms with Crippen LogP contribution < -0.4 is 0 Å². The van der Waals surface area contributed by atoms with Gasteiger partial charge in [-0.1, -0.05) is 0 Å². The van der Waals surface area contributed by atoms with E-state index in [-0.39, 0.29) is 39.3 Å². The van der Waals surface area contributed by atoms with E-state index in [1.54, 1.807) is 0 Å². The van der Waals surface area contributed by atoms with Gasteiger partial charge < -0.3 is 61.3 Å². The summed E-state index contributed by atoms with van der Waals surface area (Å²) < 4.78 is 0. The molecule has 0 bridgehead atoms. The number of carboxylic acids is 12. The van der Waals surface area contributed by atoms with Crippen molar-refractivity contribution in [1.29, 1.82) is 0 Å². The molecule has 0 unspecified atom stereocenters. The lowest BCUT2D eigenvalue weighted by Gasteiger charge is -2.23. The Kier molecular flexibility index (Phi) is 31.1. The van der Waals surface area contributed by atoms with E-state index >= 15 is 0 Å². The SMILES string of the molecule is O=C(O)CN(CCN(CC(=O)O)CC(=O)O)CC(=O)O.O=C(O)CN(CCN(CC(=O)O)CC(=O)O)CC(=O)O.O=C(O)CN(CCN(CC(=O)O)CC(=O)O)CC(=O)O. The van der Waals surface area contributed by atoms with E-state index in [1.165, 1.54) is 0 Å². The maximum Gasteiger partial charge on any atom is 0.317 e. The van der Waals surface area contributed by atoms with E-state index < -0.39 is 150 Å². The number of carbonyl (C=O) groups is 12. The molecule has 0 saturated carbocycles. The molecule has 0 amide bonds. The molecule has 0 aliphatic heterocycles. The van der Waals surface area contributed by atoms with E-state index in [9.17, 15) is 57.5 Å². The number of hydrogen-bond acceptors (Lipinski definition) is 18. The number of rotatable bonds is 33. The highest BCUT2D eigenvalue weighted by Gasteiger charge is 2.21. The molecule has 0 aliphatic carbocycles. The van der Waals surface area contributed by atoms with Crippen LogP contribution in [0.25, 0.3) is 0 Å². The largest absolute Gasteiger partial charge is 0.480 e. The molecular weight excluding hydrogens is 828 g/mol. The third-order valence-electron chi connectivity index (χ3n) is 6.50. The summed E-state index contributed by atoms with van der Waals surface area (Å²) in [6.45, 7) is -6.75. The smallest absolute Gasteiger partial charge is 0.317 e. The molecular formula is C30H48N6O24. The summed E-state index contributed by atoms with van der Waals surface area (Å²) in [5.41, 5.74) is 0. The first kappa shape index (κ1) is 57.7. The molecule has 12 N–H and O–H groups in total. The van der Waals surface area contributed by atoms with Crippen molar-refractivity contribution in [3.05, 3.63) is 0 Å². The lowest BCUT2D eigenvalue weighted by atomic mass is 10.4. The fourth-order valence-electron chi connectivity index (χ4n) is 4.43. The number of carboxylic acid groups (broad SMARTS) is 12. The molecule has 0 spiro atoms. The van der Waals surface area contributed by atoms with Crippen molar-refractivity contribution in [2.75, 3.05) is 118 Å². The predicted octanol–water partition coefficient (Wildman–Crippen LogP) is -6.21. The quantitative estimate of drug-likeness (QED) is 0.0292. The minimum absolute atomic E-state index is 0.0703. The van der Waals surface area contributed by atoms with Crippen LogP contribution in [-0.2, 0) is 57.5 Å². The third-order valence-corrected chi connectivity index (χ3v) is 6.50. The highest BCUT2D eigenvalue weighted by Crippen LogP contribution is 1.97. The van der Waals surface area contributed by atoms with Crippen molar-refractivity contribution in [3.8, 4) is 0 Å². The molecule has 0 aromatic carbocycles. The Morgan fingerprint density at radius 2 is 0.250 bits per heavy atom. The number of nitrogens with zero attached hydrogens (tertiary/aromatic N) is 6. The van der Waals surface area contributed by atoms with Crippen LogP contribution in [0.4, 0.5) is 0 Å². The average Bonchev–Trinajstić information content (AvgIpc) is 3.02. The van der Waals surface area contributed by atoms with Crippen molar-refractivity contribution >= 4 is 71.6 Å². The van der Waals surface area contributed by atoms with Crippen LogP contribution in [0.2, 0.25) is 0 Å². The summed E-state index contributed by atoms with van der Waals surface area (Å²) in [6.07, 6.45) is 0. The molecule has 0 rings (SSSR count). The molecule has 0 atom stereocenters. The van der Waals surface area contributed by atoms with Gasteiger partial charge in [-0.3, -0.25) is 86.9 Å². The predicted molar refractivity (Wildman–Crippen MR) is 190 cm³/mol. The topological polar surface area (TPSA) is 467 Å². The van der Waals surface area contributed by atoms with Crippen LogP contribution in [-0.4, -0.2) is 280 Å². The normalized spacial score (nSPS) is 10.7. The molecule has 0 heterocycles. The van der Waals surface area contributed by atoms with Crippen LogP contribution in [0.3, 0.4) is 0 Å². The first-order chi connectivity index (χ1) is 27.6. The highest BCUT2D eigenvalue weighted by atomic mass is 16.4. The second kappa shape index (κ2) is 32.4. The first-order valence-electron chi connectivity index (χ1n) is 16.6. The second-order valence-corrected chi connectivity index (χ2v) is 12.0. The van der Waals surface area contributed by atoms with Gasteiger partial charge >= 0.3 is 71.6 Å². The van der Waals surface area contributed by atoms with E-state index in [0.717, 1.165) is 29.4 Å². The first-order valence-corrected chi connectivity index (χ1v) is 16.6. The Hall–Kier alpha value is -6.60. The van der Waals surface area contributed by atoms with Crippen LogP contribution >= 0.6 is 0 Å². The zero-order valence-corrected chi connectivity index (χ0v) is 31.7. The molecule has 342 valence electrons. The Morgan fingerprint density at radius 3 is 0.300 bits per heavy atom. The van der Waals surface area contributed by atoms with Gasteiger partial charge in [0.15, 0.2) is 0 Å². The van der Waals surface area contributed by atoms with Gasteiger partial charge in [-0.05, 0) is 0 Å². The number of aliphatic carboxylic acids is 12. The van der Waals surface area contributed by atoms with Crippen LogP contribution in [0.5, 0.6) is 0 Å². The Morgan fingerprint density at radius 1 is 0.183 bits per heavy atom. The molecule has 0 aliphatic rings. The summed E-state index contributed by atoms with van der Waals surface area (Å²) in [4.78, 5) is 133. The van der Waals surface area contributed by atoms with Gasteiger partial charge in [0.1, 0.15) is 0 Å². The Labute approximate surface area is 337 Å².